The summed E-state index contributed by atoms with van der Waals surface area (Å²) >= 11 is 12.5. The predicted octanol–water partition coefficient (Wildman–Crippen LogP) is 4.65. The van der Waals surface area contributed by atoms with Crippen LogP contribution in [0.4, 0.5) is 0 Å². The number of nitrogens with zero attached hydrogens (tertiary/aromatic N) is 1. The molecule has 0 bridgehead atoms. The van der Waals surface area contributed by atoms with Gasteiger partial charge in [0.15, 0.2) is 0 Å². The average molecular weight is 315 g/mol. The summed E-state index contributed by atoms with van der Waals surface area (Å²) in [6.07, 6.45) is 4.60. The lowest BCUT2D eigenvalue weighted by Gasteiger charge is -2.39. The Labute approximate surface area is 132 Å². The topological polar surface area (TPSA) is 29.3 Å². The van der Waals surface area contributed by atoms with Gasteiger partial charge in [0.2, 0.25) is 0 Å². The molecule has 2 N–H and O–H groups in total. The minimum absolute atomic E-state index is 0.283. The lowest BCUT2D eigenvalue weighted by Crippen LogP contribution is -2.42. The quantitative estimate of drug-likeness (QED) is 0.876. The van der Waals surface area contributed by atoms with E-state index in [2.05, 4.69) is 24.8 Å². The highest BCUT2D eigenvalue weighted by Crippen LogP contribution is 2.35. The molecular weight excluding hydrogens is 291 g/mol. The second-order valence-corrected chi connectivity index (χ2v) is 6.50. The van der Waals surface area contributed by atoms with E-state index in [1.807, 2.05) is 12.1 Å². The number of halogens is 2. The second-order valence-electron chi connectivity index (χ2n) is 5.72. The molecule has 0 heterocycles. The van der Waals surface area contributed by atoms with Gasteiger partial charge in [-0.2, -0.15) is 0 Å². The highest BCUT2D eigenvalue weighted by atomic mass is 35.5. The van der Waals surface area contributed by atoms with Gasteiger partial charge in [0.05, 0.1) is 10.0 Å². The van der Waals surface area contributed by atoms with Gasteiger partial charge in [-0.3, -0.25) is 4.90 Å². The van der Waals surface area contributed by atoms with Gasteiger partial charge in [0.1, 0.15) is 0 Å². The van der Waals surface area contributed by atoms with Gasteiger partial charge >= 0.3 is 0 Å². The highest BCUT2D eigenvalue weighted by molar-refractivity contribution is 6.42. The van der Waals surface area contributed by atoms with E-state index in [-0.39, 0.29) is 6.04 Å². The summed E-state index contributed by atoms with van der Waals surface area (Å²) in [5.74, 6) is 0. The van der Waals surface area contributed by atoms with E-state index in [0.29, 0.717) is 22.1 Å². The van der Waals surface area contributed by atoms with Crippen LogP contribution in [0.1, 0.15) is 51.1 Å². The maximum absolute atomic E-state index is 6.37. The molecule has 2 rings (SSSR count). The van der Waals surface area contributed by atoms with Crippen molar-refractivity contribution in [1.82, 2.24) is 4.90 Å². The van der Waals surface area contributed by atoms with Gasteiger partial charge in [0, 0.05) is 18.1 Å². The van der Waals surface area contributed by atoms with Crippen LogP contribution in [-0.2, 0) is 0 Å². The van der Waals surface area contributed by atoms with Crippen LogP contribution in [0.25, 0.3) is 0 Å². The first kappa shape index (κ1) is 16.1. The van der Waals surface area contributed by atoms with E-state index in [4.69, 9.17) is 28.9 Å². The van der Waals surface area contributed by atoms with Crippen molar-refractivity contribution in [3.8, 4) is 0 Å². The van der Waals surface area contributed by atoms with Crippen LogP contribution >= 0.6 is 23.2 Å². The fourth-order valence-corrected chi connectivity index (χ4v) is 3.77. The molecule has 0 amide bonds. The first-order valence-corrected chi connectivity index (χ1v) is 8.25. The molecule has 1 aromatic carbocycles. The molecule has 1 aliphatic rings. The Kier molecular flexibility index (Phi) is 5.74. The summed E-state index contributed by atoms with van der Waals surface area (Å²) in [6, 6.07) is 7.17. The third-order valence-electron chi connectivity index (χ3n) is 4.50. The Hall–Kier alpha value is -0.280. The molecule has 1 unspecified atom stereocenters. The molecule has 20 heavy (non-hydrogen) atoms. The average Bonchev–Trinajstić information content (AvgIpc) is 2.44. The number of rotatable bonds is 4. The summed E-state index contributed by atoms with van der Waals surface area (Å²) in [6.45, 7) is 5.45. The van der Waals surface area contributed by atoms with Crippen molar-refractivity contribution in [2.24, 2.45) is 5.73 Å². The largest absolute Gasteiger partial charge is 0.328 e. The molecule has 1 aliphatic carbocycles. The maximum Gasteiger partial charge on any atom is 0.0640 e. The molecule has 0 aromatic heterocycles. The minimum atomic E-state index is 0.283. The van der Waals surface area contributed by atoms with Gasteiger partial charge in [-0.1, -0.05) is 42.3 Å². The summed E-state index contributed by atoms with van der Waals surface area (Å²) in [5, 5.41) is 1.32. The second kappa shape index (κ2) is 7.13. The van der Waals surface area contributed by atoms with Crippen molar-refractivity contribution < 1.29 is 0 Å². The van der Waals surface area contributed by atoms with Crippen molar-refractivity contribution in [3.05, 3.63) is 33.8 Å². The first-order valence-electron chi connectivity index (χ1n) is 7.49. The van der Waals surface area contributed by atoms with Gasteiger partial charge in [-0.15, -0.1) is 0 Å². The molecular formula is C16H24Cl2N2. The molecule has 0 radical (unpaired) electrons. The summed E-state index contributed by atoms with van der Waals surface area (Å²) < 4.78 is 0. The lowest BCUT2D eigenvalue weighted by atomic mass is 9.89. The summed E-state index contributed by atoms with van der Waals surface area (Å²) in [4.78, 5) is 2.53. The smallest absolute Gasteiger partial charge is 0.0640 e. The van der Waals surface area contributed by atoms with Crippen LogP contribution in [0.5, 0.6) is 0 Å². The van der Waals surface area contributed by atoms with Crippen molar-refractivity contribution >= 4 is 23.2 Å². The number of nitrogens with two attached hydrogens (primary N) is 1. The van der Waals surface area contributed by atoms with Crippen LogP contribution in [0.3, 0.4) is 0 Å². The highest BCUT2D eigenvalue weighted by Gasteiger charge is 2.28. The van der Waals surface area contributed by atoms with E-state index in [1.165, 1.54) is 12.8 Å². The Morgan fingerprint density at radius 1 is 1.25 bits per heavy atom. The fraction of sp³-hybridized carbons (Fsp3) is 0.625. The number of hydrogen-bond donors (Lipinski definition) is 1. The number of benzene rings is 1. The molecule has 112 valence electrons. The van der Waals surface area contributed by atoms with Crippen LogP contribution < -0.4 is 5.73 Å². The molecule has 1 saturated carbocycles. The van der Waals surface area contributed by atoms with Gasteiger partial charge in [0.25, 0.3) is 0 Å². The normalized spacial score (nSPS) is 24.9. The molecule has 2 nitrogen and oxygen atoms in total. The van der Waals surface area contributed by atoms with E-state index in [0.717, 1.165) is 24.9 Å². The molecule has 0 saturated heterocycles. The molecule has 0 aliphatic heterocycles. The van der Waals surface area contributed by atoms with Crippen LogP contribution in [-0.4, -0.2) is 23.5 Å². The maximum atomic E-state index is 6.37. The van der Waals surface area contributed by atoms with Crippen LogP contribution in [0.2, 0.25) is 10.0 Å². The van der Waals surface area contributed by atoms with E-state index in [1.54, 1.807) is 0 Å². The Morgan fingerprint density at radius 3 is 2.50 bits per heavy atom. The van der Waals surface area contributed by atoms with Crippen molar-refractivity contribution in [2.75, 3.05) is 6.54 Å². The molecule has 1 aromatic rings. The number of hydrogen-bond acceptors (Lipinski definition) is 2. The monoisotopic (exact) mass is 314 g/mol. The van der Waals surface area contributed by atoms with Crippen LogP contribution in [0.15, 0.2) is 18.2 Å². The van der Waals surface area contributed by atoms with Crippen molar-refractivity contribution in [2.45, 2.75) is 57.7 Å². The minimum Gasteiger partial charge on any atom is -0.328 e. The van der Waals surface area contributed by atoms with Gasteiger partial charge in [-0.25, -0.2) is 0 Å². The van der Waals surface area contributed by atoms with E-state index < -0.39 is 0 Å². The van der Waals surface area contributed by atoms with Crippen molar-refractivity contribution in [3.63, 3.8) is 0 Å². The Balaban J connectivity index is 2.16. The standard InChI is InChI=1S/C16H24Cl2N2/c1-3-20(13-9-7-12(19)8-10-13)11(2)14-5-4-6-15(17)16(14)18/h4-6,11-13H,3,7-10,19H2,1-2H3. The van der Waals surface area contributed by atoms with Gasteiger partial charge < -0.3 is 5.73 Å². The predicted molar refractivity (Wildman–Crippen MR) is 87.5 cm³/mol. The molecule has 4 heteroatoms. The van der Waals surface area contributed by atoms with E-state index >= 15 is 0 Å². The first-order chi connectivity index (χ1) is 9.54. The SMILES string of the molecule is CCN(C1CCC(N)CC1)C(C)c1cccc(Cl)c1Cl. The fourth-order valence-electron chi connectivity index (χ4n) is 3.30. The van der Waals surface area contributed by atoms with E-state index in [9.17, 15) is 0 Å². The van der Waals surface area contributed by atoms with Gasteiger partial charge in [-0.05, 0) is 50.8 Å². The Bertz CT molecular complexity index is 442. The van der Waals surface area contributed by atoms with Crippen LogP contribution in [0, 0.1) is 0 Å². The lowest BCUT2D eigenvalue weighted by molar-refractivity contribution is 0.114. The summed E-state index contributed by atoms with van der Waals surface area (Å²) in [5.41, 5.74) is 7.13. The zero-order chi connectivity index (χ0) is 14.7. The third-order valence-corrected chi connectivity index (χ3v) is 5.34. The summed E-state index contributed by atoms with van der Waals surface area (Å²) in [7, 11) is 0. The van der Waals surface area contributed by atoms with Crippen molar-refractivity contribution in [1.29, 1.82) is 0 Å². The molecule has 0 spiro atoms. The third kappa shape index (κ3) is 3.48. The zero-order valence-electron chi connectivity index (χ0n) is 12.3. The molecule has 1 atom stereocenters. The zero-order valence-corrected chi connectivity index (χ0v) is 13.8. The Morgan fingerprint density at radius 2 is 1.90 bits per heavy atom. The molecule has 1 fully saturated rings.